The molecule has 0 bridgehead atoms. The maximum absolute atomic E-state index is 12.4. The summed E-state index contributed by atoms with van der Waals surface area (Å²) in [6.07, 6.45) is 2.65. The van der Waals surface area contributed by atoms with Crippen LogP contribution in [0.1, 0.15) is 38.8 Å². The third-order valence-electron chi connectivity index (χ3n) is 5.31. The maximum atomic E-state index is 12.4. The van der Waals surface area contributed by atoms with Crippen molar-refractivity contribution in [2.75, 3.05) is 32.9 Å². The Kier molecular flexibility index (Phi) is 7.96. The van der Waals surface area contributed by atoms with Crippen LogP contribution in [0, 0.1) is 5.92 Å². The van der Waals surface area contributed by atoms with Crippen molar-refractivity contribution >= 4 is 5.91 Å². The molecule has 0 saturated carbocycles. The van der Waals surface area contributed by atoms with E-state index in [1.807, 2.05) is 36.1 Å². The molecule has 0 atom stereocenters. The number of carbonyl (C=O) groups is 1. The van der Waals surface area contributed by atoms with E-state index in [0.717, 1.165) is 37.2 Å². The number of aromatic amines is 1. The molecule has 1 aromatic heterocycles. The number of piperidine rings is 1. The minimum Gasteiger partial charge on any atom is -0.491 e. The number of amides is 1. The summed E-state index contributed by atoms with van der Waals surface area (Å²) in [4.78, 5) is 29.4. The number of hydrogen-bond donors (Lipinski definition) is 1. The molecule has 8 nitrogen and oxygen atoms in total. The van der Waals surface area contributed by atoms with Gasteiger partial charge < -0.3 is 19.4 Å². The summed E-state index contributed by atoms with van der Waals surface area (Å²) in [7, 11) is 0. The van der Waals surface area contributed by atoms with Gasteiger partial charge in [-0.15, -0.1) is 10.2 Å². The van der Waals surface area contributed by atoms with Gasteiger partial charge in [-0.25, -0.2) is 0 Å². The molecular weight excluding hydrogens is 384 g/mol. The van der Waals surface area contributed by atoms with Gasteiger partial charge in [0.1, 0.15) is 18.1 Å². The van der Waals surface area contributed by atoms with Gasteiger partial charge in [0, 0.05) is 38.1 Å². The van der Waals surface area contributed by atoms with E-state index in [1.54, 1.807) is 0 Å². The standard InChI is InChI=1S/C22H30N4O4/c1-3-29-14-15-30-18-6-4-17(5-7-18)21-23-22(28)19(24-25-21)8-9-20(27)26-12-10-16(2)11-13-26/h4-7,16H,3,8-15H2,1-2H3,(H,23,25,28). The summed E-state index contributed by atoms with van der Waals surface area (Å²) in [5.74, 6) is 1.86. The summed E-state index contributed by atoms with van der Waals surface area (Å²) < 4.78 is 10.8. The number of likely N-dealkylation sites (tertiary alicyclic amines) is 1. The van der Waals surface area contributed by atoms with E-state index in [1.165, 1.54) is 0 Å². The fraction of sp³-hybridized carbons (Fsp3) is 0.545. The first-order valence-electron chi connectivity index (χ1n) is 10.6. The minimum atomic E-state index is -0.308. The lowest BCUT2D eigenvalue weighted by atomic mass is 9.99. The van der Waals surface area contributed by atoms with Gasteiger partial charge in [-0.3, -0.25) is 9.59 Å². The molecule has 0 radical (unpaired) electrons. The number of aromatic nitrogens is 3. The molecule has 0 spiro atoms. The van der Waals surface area contributed by atoms with Gasteiger partial charge in [0.15, 0.2) is 5.82 Å². The average molecular weight is 415 g/mol. The van der Waals surface area contributed by atoms with Crippen molar-refractivity contribution in [3.05, 3.63) is 40.3 Å². The quantitative estimate of drug-likeness (QED) is 0.633. The Balaban J connectivity index is 1.54. The second-order valence-electron chi connectivity index (χ2n) is 7.58. The predicted molar refractivity (Wildman–Crippen MR) is 113 cm³/mol. The van der Waals surface area contributed by atoms with Crippen molar-refractivity contribution in [3.63, 3.8) is 0 Å². The van der Waals surface area contributed by atoms with Crippen LogP contribution in [0.15, 0.2) is 29.1 Å². The van der Waals surface area contributed by atoms with Gasteiger partial charge in [-0.1, -0.05) is 6.92 Å². The Morgan fingerprint density at radius 3 is 2.57 bits per heavy atom. The molecule has 3 rings (SSSR count). The zero-order valence-corrected chi connectivity index (χ0v) is 17.7. The number of hydrogen-bond acceptors (Lipinski definition) is 6. The Hall–Kier alpha value is -2.74. The number of carbonyl (C=O) groups excluding carboxylic acids is 1. The molecular formula is C22H30N4O4. The third-order valence-corrected chi connectivity index (χ3v) is 5.31. The lowest BCUT2D eigenvalue weighted by Crippen LogP contribution is -2.38. The molecule has 1 fully saturated rings. The van der Waals surface area contributed by atoms with E-state index in [-0.39, 0.29) is 23.6 Å². The molecule has 1 aliphatic rings. The van der Waals surface area contributed by atoms with Crippen LogP contribution < -0.4 is 10.3 Å². The van der Waals surface area contributed by atoms with Crippen LogP contribution in [-0.2, 0) is 16.0 Å². The summed E-state index contributed by atoms with van der Waals surface area (Å²) >= 11 is 0. The van der Waals surface area contributed by atoms with Crippen molar-refractivity contribution < 1.29 is 14.3 Å². The largest absolute Gasteiger partial charge is 0.491 e. The first-order chi connectivity index (χ1) is 14.6. The van der Waals surface area contributed by atoms with Crippen LogP contribution in [0.2, 0.25) is 0 Å². The minimum absolute atomic E-state index is 0.0760. The maximum Gasteiger partial charge on any atom is 0.273 e. The topological polar surface area (TPSA) is 97.4 Å². The number of benzene rings is 1. The number of H-pyrrole nitrogens is 1. The average Bonchev–Trinajstić information content (AvgIpc) is 2.76. The molecule has 0 unspecified atom stereocenters. The number of nitrogens with one attached hydrogen (secondary N) is 1. The van der Waals surface area contributed by atoms with Crippen molar-refractivity contribution in [1.29, 1.82) is 0 Å². The molecule has 30 heavy (non-hydrogen) atoms. The first kappa shape index (κ1) is 22.0. The summed E-state index contributed by atoms with van der Waals surface area (Å²) in [6.45, 7) is 7.43. The van der Waals surface area contributed by atoms with Crippen molar-refractivity contribution in [2.45, 2.75) is 39.5 Å². The lowest BCUT2D eigenvalue weighted by molar-refractivity contribution is -0.132. The van der Waals surface area contributed by atoms with Gasteiger partial charge >= 0.3 is 0 Å². The lowest BCUT2D eigenvalue weighted by Gasteiger charge is -2.30. The van der Waals surface area contributed by atoms with Crippen molar-refractivity contribution in [2.24, 2.45) is 5.92 Å². The molecule has 1 saturated heterocycles. The monoisotopic (exact) mass is 414 g/mol. The molecule has 1 N–H and O–H groups in total. The van der Waals surface area contributed by atoms with E-state index in [2.05, 4.69) is 22.1 Å². The number of ether oxygens (including phenoxy) is 2. The molecule has 2 aromatic rings. The zero-order chi connectivity index (χ0) is 21.3. The van der Waals surface area contributed by atoms with E-state index in [4.69, 9.17) is 9.47 Å². The molecule has 162 valence electrons. The predicted octanol–water partition coefficient (Wildman–Crippen LogP) is 2.44. The highest BCUT2D eigenvalue weighted by Gasteiger charge is 2.20. The van der Waals surface area contributed by atoms with Crippen molar-refractivity contribution in [3.8, 4) is 17.1 Å². The van der Waals surface area contributed by atoms with Crippen LogP contribution in [0.3, 0.4) is 0 Å². The van der Waals surface area contributed by atoms with Crippen LogP contribution in [0.4, 0.5) is 0 Å². The SMILES string of the molecule is CCOCCOc1ccc(-c2nnc(CCC(=O)N3CCC(C)CC3)c(=O)[nH]2)cc1. The Morgan fingerprint density at radius 1 is 1.17 bits per heavy atom. The summed E-state index contributed by atoms with van der Waals surface area (Å²) in [5, 5.41) is 8.20. The number of nitrogens with zero attached hydrogens (tertiary/aromatic N) is 3. The van der Waals surface area contributed by atoms with Gasteiger partial charge in [0.25, 0.3) is 5.56 Å². The fourth-order valence-corrected chi connectivity index (χ4v) is 3.37. The van der Waals surface area contributed by atoms with E-state index in [9.17, 15) is 9.59 Å². The fourth-order valence-electron chi connectivity index (χ4n) is 3.37. The van der Waals surface area contributed by atoms with E-state index in [0.29, 0.717) is 38.0 Å². The van der Waals surface area contributed by atoms with Gasteiger partial charge in [0.05, 0.1) is 6.61 Å². The van der Waals surface area contributed by atoms with E-state index < -0.39 is 0 Å². The molecule has 8 heteroatoms. The van der Waals surface area contributed by atoms with E-state index >= 15 is 0 Å². The molecule has 0 aliphatic carbocycles. The van der Waals surface area contributed by atoms with Crippen molar-refractivity contribution in [1.82, 2.24) is 20.1 Å². The summed E-state index contributed by atoms with van der Waals surface area (Å²) in [5.41, 5.74) is 0.715. The highest BCUT2D eigenvalue weighted by Crippen LogP contribution is 2.19. The Morgan fingerprint density at radius 2 is 1.90 bits per heavy atom. The molecule has 2 heterocycles. The molecule has 1 aliphatic heterocycles. The zero-order valence-electron chi connectivity index (χ0n) is 17.7. The van der Waals surface area contributed by atoms with Crippen LogP contribution in [0.5, 0.6) is 5.75 Å². The normalized spacial score (nSPS) is 14.7. The Labute approximate surface area is 176 Å². The van der Waals surface area contributed by atoms with Crippen LogP contribution in [-0.4, -0.2) is 58.9 Å². The highest BCUT2D eigenvalue weighted by molar-refractivity contribution is 5.76. The number of aryl methyl sites for hydroxylation is 1. The second kappa shape index (κ2) is 10.9. The van der Waals surface area contributed by atoms with Gasteiger partial charge in [-0.2, -0.15) is 0 Å². The third kappa shape index (κ3) is 6.13. The number of rotatable bonds is 9. The highest BCUT2D eigenvalue weighted by atomic mass is 16.5. The smallest absolute Gasteiger partial charge is 0.273 e. The van der Waals surface area contributed by atoms with Crippen LogP contribution in [0.25, 0.3) is 11.4 Å². The summed E-state index contributed by atoms with van der Waals surface area (Å²) in [6, 6.07) is 7.26. The van der Waals surface area contributed by atoms with Gasteiger partial charge in [0.2, 0.25) is 5.91 Å². The molecule has 1 aromatic carbocycles. The Bertz CT molecular complexity index is 873. The van der Waals surface area contributed by atoms with Gasteiger partial charge in [-0.05, 0) is 49.9 Å². The second-order valence-corrected chi connectivity index (χ2v) is 7.58. The molecule has 1 amide bonds. The first-order valence-corrected chi connectivity index (χ1v) is 10.6. The van der Waals surface area contributed by atoms with Crippen LogP contribution >= 0.6 is 0 Å².